The molecule has 16 heteroatoms. The summed E-state index contributed by atoms with van der Waals surface area (Å²) in [5.41, 5.74) is -1.85. The van der Waals surface area contributed by atoms with E-state index in [9.17, 15) is 52.3 Å². The third-order valence-corrected chi connectivity index (χ3v) is 3.96. The van der Waals surface area contributed by atoms with Gasteiger partial charge in [-0.05, 0) is 25.5 Å². The zero-order chi connectivity index (χ0) is 22.5. The van der Waals surface area contributed by atoms with E-state index in [1.165, 1.54) is 0 Å². The first-order chi connectivity index (χ1) is 12.2. The maximum Gasteiger partial charge on any atom is 0.494 e. The number of benzene rings is 1. The molecule has 0 spiro atoms. The Morgan fingerprint density at radius 3 is 1.79 bits per heavy atom. The molecule has 0 aliphatic heterocycles. The average molecular weight is 454 g/mol. The molecule has 1 aromatic rings. The maximum absolute atomic E-state index is 13.8. The summed E-state index contributed by atoms with van der Waals surface area (Å²) in [6.07, 6.45) is -20.0. The summed E-state index contributed by atoms with van der Waals surface area (Å²) in [6.45, 7) is 1.36. The van der Waals surface area contributed by atoms with Crippen LogP contribution >= 0.6 is 0 Å². The lowest BCUT2D eigenvalue weighted by Crippen LogP contribution is -2.57. The molecule has 0 bridgehead atoms. The summed E-state index contributed by atoms with van der Waals surface area (Å²) in [5, 5.41) is -6.78. The van der Waals surface area contributed by atoms with Gasteiger partial charge in [-0.3, -0.25) is 4.55 Å². The topological polar surface area (TPSA) is 72.8 Å². The zero-order valence-electron chi connectivity index (χ0n) is 13.3. The minimum atomic E-state index is -7.10. The van der Waals surface area contributed by atoms with Crippen molar-refractivity contribution in [3.05, 3.63) is 28.8 Å². The van der Waals surface area contributed by atoms with Gasteiger partial charge in [0.05, 0.1) is 0 Å². The predicted octanol–water partition coefficient (Wildman–Crippen LogP) is 4.24. The number of hydrogen-bond donors (Lipinski definition) is 1. The molecule has 0 aliphatic rings. The highest BCUT2D eigenvalue weighted by atomic mass is 32.2. The number of rotatable bonds is 7. The number of alkyl halides is 8. The van der Waals surface area contributed by atoms with E-state index in [1.54, 1.807) is 0 Å². The molecule has 1 rings (SSSR count). The van der Waals surface area contributed by atoms with Gasteiger partial charge in [-0.15, -0.1) is 0 Å². The van der Waals surface area contributed by atoms with Crippen molar-refractivity contribution in [1.82, 2.24) is 0 Å². The van der Waals surface area contributed by atoms with Crippen molar-refractivity contribution < 1.29 is 66.3 Å². The average Bonchev–Trinajstić information content (AvgIpc) is 2.47. The Morgan fingerprint density at radius 1 is 0.893 bits per heavy atom. The summed E-state index contributed by atoms with van der Waals surface area (Å²) in [6, 6.07) is 0.450. The van der Waals surface area contributed by atoms with Crippen molar-refractivity contribution in [1.29, 1.82) is 0 Å². The molecule has 0 saturated heterocycles. The number of ether oxygens (including phenoxy) is 2. The van der Waals surface area contributed by atoms with E-state index in [4.69, 9.17) is 4.55 Å². The molecule has 0 aromatic heterocycles. The van der Waals surface area contributed by atoms with Crippen LogP contribution in [0.5, 0.6) is 5.75 Å². The first-order valence-corrected chi connectivity index (χ1v) is 7.94. The van der Waals surface area contributed by atoms with Gasteiger partial charge in [-0.2, -0.15) is 43.5 Å². The van der Waals surface area contributed by atoms with Crippen LogP contribution < -0.4 is 4.74 Å². The number of aryl methyl sites for hydroxylation is 1. The van der Waals surface area contributed by atoms with Crippen LogP contribution in [0.3, 0.4) is 0 Å². The molecule has 0 unspecified atom stereocenters. The smallest absolute Gasteiger partial charge is 0.422 e. The largest absolute Gasteiger partial charge is 0.494 e. The van der Waals surface area contributed by atoms with Gasteiger partial charge in [0.1, 0.15) is 5.82 Å². The Balaban J connectivity index is 3.35. The third-order valence-electron chi connectivity index (χ3n) is 3.08. The van der Waals surface area contributed by atoms with Crippen molar-refractivity contribution in [2.45, 2.75) is 37.4 Å². The lowest BCUT2D eigenvalue weighted by Gasteiger charge is -2.31. The Kier molecular flexibility index (Phi) is 5.98. The van der Waals surface area contributed by atoms with Crippen LogP contribution in [0.1, 0.15) is 11.1 Å². The molecule has 1 N–H and O–H groups in total. The highest BCUT2D eigenvalue weighted by molar-refractivity contribution is 7.86. The van der Waals surface area contributed by atoms with E-state index in [0.717, 1.165) is 6.92 Å². The fourth-order valence-corrected chi connectivity index (χ4v) is 1.89. The fraction of sp³-hybridized carbons (Fsp3) is 0.500. The van der Waals surface area contributed by atoms with Crippen LogP contribution in [0.2, 0.25) is 0 Å². The molecule has 28 heavy (non-hydrogen) atoms. The number of hydrogen-bond acceptors (Lipinski definition) is 4. The molecular weight excluding hydrogens is 446 g/mol. The zero-order valence-corrected chi connectivity index (χ0v) is 14.2. The lowest BCUT2D eigenvalue weighted by atomic mass is 10.1. The van der Waals surface area contributed by atoms with Crippen molar-refractivity contribution >= 4 is 10.1 Å². The van der Waals surface area contributed by atoms with Crippen LogP contribution in [0.25, 0.3) is 0 Å². The van der Waals surface area contributed by atoms with E-state index < -0.39 is 62.2 Å². The molecule has 5 nitrogen and oxygen atoms in total. The highest BCUT2D eigenvalue weighted by Gasteiger charge is 2.75. The van der Waals surface area contributed by atoms with E-state index in [2.05, 4.69) is 4.74 Å². The van der Waals surface area contributed by atoms with Gasteiger partial charge in [0.25, 0.3) is 0 Å². The Hall–Kier alpha value is -1.81. The normalized spacial score (nSPS) is 14.3. The van der Waals surface area contributed by atoms with Crippen molar-refractivity contribution in [2.24, 2.45) is 0 Å². The molecule has 0 saturated carbocycles. The Bertz CT molecular complexity index is 842. The molecule has 1 aromatic carbocycles. The first kappa shape index (κ1) is 24.2. The second-order valence-corrected chi connectivity index (χ2v) is 6.65. The summed E-state index contributed by atoms with van der Waals surface area (Å²) < 4.78 is 166. The maximum atomic E-state index is 13.8. The highest BCUT2D eigenvalue weighted by Crippen LogP contribution is 2.47. The molecule has 0 atom stereocenters. The van der Waals surface area contributed by atoms with Gasteiger partial charge in [-0.25, -0.2) is 13.5 Å². The van der Waals surface area contributed by atoms with Gasteiger partial charge in [0.15, 0.2) is 11.6 Å². The summed E-state index contributed by atoms with van der Waals surface area (Å²) in [7, 11) is -7.10. The standard InChI is InChI=1S/C12H8F10O5S/c1-4-3-6(13)5(2)8(7(4)14)26-9(15,16)10(17,18)27-11(19,20)12(21,22)28(23,24)25/h3H,1-2H3,(H,23,24,25). The van der Waals surface area contributed by atoms with Crippen LogP contribution in [-0.4, -0.2) is 36.6 Å². The quantitative estimate of drug-likeness (QED) is 0.493. The van der Waals surface area contributed by atoms with Crippen molar-refractivity contribution in [3.63, 3.8) is 0 Å². The molecule has 0 radical (unpaired) electrons. The van der Waals surface area contributed by atoms with Crippen LogP contribution in [-0.2, 0) is 14.9 Å². The van der Waals surface area contributed by atoms with Crippen LogP contribution in [0.15, 0.2) is 6.07 Å². The monoisotopic (exact) mass is 454 g/mol. The van der Waals surface area contributed by atoms with Gasteiger partial charge < -0.3 is 4.74 Å². The molecular formula is C12H8F10O5S. The van der Waals surface area contributed by atoms with Gasteiger partial charge in [0.2, 0.25) is 0 Å². The summed E-state index contributed by atoms with van der Waals surface area (Å²) in [4.78, 5) is 0. The van der Waals surface area contributed by atoms with Gasteiger partial charge in [0, 0.05) is 5.56 Å². The van der Waals surface area contributed by atoms with E-state index in [1.807, 2.05) is 4.74 Å². The molecule has 0 fully saturated rings. The fourth-order valence-electron chi connectivity index (χ4n) is 1.55. The van der Waals surface area contributed by atoms with Gasteiger partial charge >= 0.3 is 33.7 Å². The van der Waals surface area contributed by atoms with E-state index in [-0.39, 0.29) is 0 Å². The Morgan fingerprint density at radius 2 is 1.36 bits per heavy atom. The second kappa shape index (κ2) is 6.91. The van der Waals surface area contributed by atoms with E-state index in [0.29, 0.717) is 13.0 Å². The Labute approximate surface area is 149 Å². The molecule has 0 aliphatic carbocycles. The lowest BCUT2D eigenvalue weighted by molar-refractivity contribution is -0.484. The van der Waals surface area contributed by atoms with Crippen molar-refractivity contribution in [2.75, 3.05) is 0 Å². The summed E-state index contributed by atoms with van der Waals surface area (Å²) >= 11 is 0. The number of halogens is 10. The van der Waals surface area contributed by atoms with Crippen LogP contribution in [0.4, 0.5) is 43.9 Å². The van der Waals surface area contributed by atoms with Gasteiger partial charge in [-0.1, -0.05) is 0 Å². The molecule has 162 valence electrons. The molecule has 0 amide bonds. The predicted molar refractivity (Wildman–Crippen MR) is 68.9 cm³/mol. The second-order valence-electron chi connectivity index (χ2n) is 5.19. The minimum absolute atomic E-state index is 0.450. The van der Waals surface area contributed by atoms with E-state index >= 15 is 0 Å². The third kappa shape index (κ3) is 4.12. The molecule has 0 heterocycles. The minimum Gasteiger partial charge on any atom is -0.422 e. The SMILES string of the molecule is Cc1cc(F)c(C)c(OC(F)(F)C(F)(F)OC(F)(F)C(F)(F)S(=O)(=O)O)c1F. The first-order valence-electron chi connectivity index (χ1n) is 6.50. The summed E-state index contributed by atoms with van der Waals surface area (Å²) in [5.74, 6) is -5.13. The van der Waals surface area contributed by atoms with Crippen LogP contribution in [0, 0.1) is 25.5 Å². The van der Waals surface area contributed by atoms with Crippen molar-refractivity contribution in [3.8, 4) is 5.75 Å².